The lowest BCUT2D eigenvalue weighted by Crippen LogP contribution is -2.40. The van der Waals surface area contributed by atoms with E-state index in [1.807, 2.05) is 5.57 Å². The second-order valence-corrected chi connectivity index (χ2v) is 9.36. The number of fused-ring (bicyclic) bond motifs is 5. The third-order valence-electron chi connectivity index (χ3n) is 7.84. The molecule has 0 aromatic heterocycles. The van der Waals surface area contributed by atoms with Crippen molar-refractivity contribution < 1.29 is 14.8 Å². The van der Waals surface area contributed by atoms with E-state index in [0.717, 1.165) is 35.7 Å². The van der Waals surface area contributed by atoms with E-state index in [0.29, 0.717) is 5.56 Å². The van der Waals surface area contributed by atoms with Crippen molar-refractivity contribution in [3.63, 3.8) is 0 Å². The number of allylic oxidation sites excluding steroid dienone is 4. The lowest BCUT2D eigenvalue weighted by Gasteiger charge is -2.50. The SMILES string of the molecule is C1=CC2CCC3C(CCC4CCCCC43)C2=C1.Cc1ccc(C(=O)O)cc1[N+](=O)[O-]. The zero-order chi connectivity index (χ0) is 21.3. The van der Waals surface area contributed by atoms with Gasteiger partial charge in [0.2, 0.25) is 0 Å². The molecule has 0 spiro atoms. The van der Waals surface area contributed by atoms with Gasteiger partial charge in [0.15, 0.2) is 0 Å². The molecule has 0 aliphatic heterocycles. The van der Waals surface area contributed by atoms with Crippen LogP contribution < -0.4 is 0 Å². The molecule has 0 amide bonds. The van der Waals surface area contributed by atoms with Gasteiger partial charge in [0, 0.05) is 11.6 Å². The Morgan fingerprint density at radius 1 is 1.07 bits per heavy atom. The molecule has 4 aliphatic rings. The van der Waals surface area contributed by atoms with E-state index >= 15 is 0 Å². The number of hydrogen-bond acceptors (Lipinski definition) is 3. The first-order valence-electron chi connectivity index (χ1n) is 11.3. The fourth-order valence-electron chi connectivity index (χ4n) is 6.40. The number of hydrogen-bond donors (Lipinski definition) is 1. The highest BCUT2D eigenvalue weighted by molar-refractivity contribution is 5.88. The highest BCUT2D eigenvalue weighted by atomic mass is 16.6. The minimum absolute atomic E-state index is 0.0719. The number of benzene rings is 1. The summed E-state index contributed by atoms with van der Waals surface area (Å²) in [5, 5.41) is 19.0. The summed E-state index contributed by atoms with van der Waals surface area (Å²) in [4.78, 5) is 20.3. The van der Waals surface area contributed by atoms with Crippen LogP contribution in [0.4, 0.5) is 5.69 Å². The fraction of sp³-hybridized carbons (Fsp3) is 0.560. The van der Waals surface area contributed by atoms with Gasteiger partial charge in [-0.25, -0.2) is 4.79 Å². The van der Waals surface area contributed by atoms with E-state index in [1.165, 1.54) is 50.7 Å². The molecule has 0 saturated heterocycles. The van der Waals surface area contributed by atoms with Crippen molar-refractivity contribution >= 4 is 11.7 Å². The molecular formula is C25H31NO4. The Labute approximate surface area is 178 Å². The fourth-order valence-corrected chi connectivity index (χ4v) is 6.40. The van der Waals surface area contributed by atoms with Gasteiger partial charge in [0.25, 0.3) is 5.69 Å². The zero-order valence-electron chi connectivity index (χ0n) is 17.6. The number of carbonyl (C=O) groups is 1. The molecule has 5 rings (SSSR count). The van der Waals surface area contributed by atoms with Gasteiger partial charge in [-0.05, 0) is 74.7 Å². The summed E-state index contributed by atoms with van der Waals surface area (Å²) < 4.78 is 0. The molecule has 5 heteroatoms. The van der Waals surface area contributed by atoms with Crippen LogP contribution >= 0.6 is 0 Å². The van der Waals surface area contributed by atoms with Gasteiger partial charge in [0.05, 0.1) is 10.5 Å². The van der Waals surface area contributed by atoms with Gasteiger partial charge in [0.1, 0.15) is 0 Å². The summed E-state index contributed by atoms with van der Waals surface area (Å²) >= 11 is 0. The number of nitro benzene ring substituents is 1. The van der Waals surface area contributed by atoms with Crippen LogP contribution in [0.3, 0.4) is 0 Å². The van der Waals surface area contributed by atoms with E-state index in [9.17, 15) is 14.9 Å². The number of nitrogens with zero attached hydrogens (tertiary/aromatic N) is 1. The van der Waals surface area contributed by atoms with Crippen molar-refractivity contribution in [1.29, 1.82) is 0 Å². The highest BCUT2D eigenvalue weighted by Crippen LogP contribution is 2.55. The van der Waals surface area contributed by atoms with Gasteiger partial charge < -0.3 is 5.11 Å². The Hall–Kier alpha value is -2.43. The van der Waals surface area contributed by atoms with E-state index in [4.69, 9.17) is 5.11 Å². The molecule has 0 heterocycles. The highest BCUT2D eigenvalue weighted by Gasteiger charge is 2.44. The number of carboxylic acid groups (broad SMARTS) is 1. The van der Waals surface area contributed by atoms with Crippen LogP contribution in [0.5, 0.6) is 0 Å². The summed E-state index contributed by atoms with van der Waals surface area (Å²) in [5.41, 5.74) is 2.04. The number of aryl methyl sites for hydroxylation is 1. The molecule has 1 N–H and O–H groups in total. The zero-order valence-corrected chi connectivity index (χ0v) is 17.6. The lowest BCUT2D eigenvalue weighted by atomic mass is 9.55. The topological polar surface area (TPSA) is 80.4 Å². The van der Waals surface area contributed by atoms with Crippen LogP contribution in [0.15, 0.2) is 42.0 Å². The maximum atomic E-state index is 10.5. The third kappa shape index (κ3) is 4.07. The van der Waals surface area contributed by atoms with Crippen LogP contribution in [0.25, 0.3) is 0 Å². The first-order valence-corrected chi connectivity index (χ1v) is 11.3. The van der Waals surface area contributed by atoms with Crippen LogP contribution in [0, 0.1) is 46.6 Å². The molecular weight excluding hydrogens is 378 g/mol. The molecule has 3 saturated carbocycles. The summed E-state index contributed by atoms with van der Waals surface area (Å²) in [6.45, 7) is 1.56. The maximum absolute atomic E-state index is 10.5. The number of rotatable bonds is 2. The van der Waals surface area contributed by atoms with E-state index in [2.05, 4.69) is 18.2 Å². The smallest absolute Gasteiger partial charge is 0.335 e. The van der Waals surface area contributed by atoms with Crippen LogP contribution in [0.2, 0.25) is 0 Å². The van der Waals surface area contributed by atoms with Crippen LogP contribution in [0.1, 0.15) is 67.3 Å². The predicted molar refractivity (Wildman–Crippen MR) is 116 cm³/mol. The third-order valence-corrected chi connectivity index (χ3v) is 7.84. The Morgan fingerprint density at radius 3 is 2.63 bits per heavy atom. The van der Waals surface area contributed by atoms with Gasteiger partial charge in [-0.15, -0.1) is 0 Å². The lowest BCUT2D eigenvalue weighted by molar-refractivity contribution is -0.385. The molecule has 1 aromatic rings. The normalized spacial score (nSPS) is 31.4. The average molecular weight is 410 g/mol. The Morgan fingerprint density at radius 2 is 1.87 bits per heavy atom. The molecule has 160 valence electrons. The molecule has 30 heavy (non-hydrogen) atoms. The number of carboxylic acids is 1. The predicted octanol–water partition coefficient (Wildman–Crippen LogP) is 6.33. The minimum atomic E-state index is -1.16. The maximum Gasteiger partial charge on any atom is 0.335 e. The average Bonchev–Trinajstić information content (AvgIpc) is 3.23. The summed E-state index contributed by atoms with van der Waals surface area (Å²) in [6.07, 6.45) is 19.4. The molecule has 0 bridgehead atoms. The minimum Gasteiger partial charge on any atom is -0.478 e. The number of aromatic carboxylic acids is 1. The van der Waals surface area contributed by atoms with E-state index in [1.54, 1.807) is 19.8 Å². The molecule has 5 atom stereocenters. The summed E-state index contributed by atoms with van der Waals surface area (Å²) in [6, 6.07) is 3.81. The quantitative estimate of drug-likeness (QED) is 0.457. The molecule has 5 nitrogen and oxygen atoms in total. The molecule has 4 aliphatic carbocycles. The van der Waals surface area contributed by atoms with Gasteiger partial charge >= 0.3 is 5.97 Å². The van der Waals surface area contributed by atoms with Crippen molar-refractivity contribution in [1.82, 2.24) is 0 Å². The second-order valence-electron chi connectivity index (χ2n) is 9.36. The standard InChI is InChI=1S/C17H24.C8H7NO4/c1-2-6-14-12(4-1)8-10-17-15-7-3-5-13(15)9-11-16(14)17;1-5-2-3-6(8(10)11)4-7(5)9(12)13/h3,5,7,12-14,16-17H,1-2,4,6,8-11H2;2-4H,1H3,(H,10,11). The Kier molecular flexibility index (Phi) is 6.07. The summed E-state index contributed by atoms with van der Waals surface area (Å²) in [5.74, 6) is 3.93. The Bertz CT molecular complexity index is 887. The summed E-state index contributed by atoms with van der Waals surface area (Å²) in [7, 11) is 0. The van der Waals surface area contributed by atoms with Gasteiger partial charge in [-0.1, -0.05) is 49.1 Å². The number of nitro groups is 1. The Balaban J connectivity index is 0.000000152. The largest absolute Gasteiger partial charge is 0.478 e. The van der Waals surface area contributed by atoms with Crippen molar-refractivity contribution in [3.05, 3.63) is 63.2 Å². The monoisotopic (exact) mass is 409 g/mol. The van der Waals surface area contributed by atoms with Crippen molar-refractivity contribution in [2.24, 2.45) is 29.6 Å². The van der Waals surface area contributed by atoms with E-state index in [-0.39, 0.29) is 11.3 Å². The van der Waals surface area contributed by atoms with Crippen molar-refractivity contribution in [2.45, 2.75) is 58.3 Å². The molecule has 1 aromatic carbocycles. The first kappa shape index (κ1) is 20.8. The first-order chi connectivity index (χ1) is 14.5. The van der Waals surface area contributed by atoms with Gasteiger partial charge in [-0.3, -0.25) is 10.1 Å². The van der Waals surface area contributed by atoms with Crippen LogP contribution in [-0.4, -0.2) is 16.0 Å². The van der Waals surface area contributed by atoms with Crippen LogP contribution in [-0.2, 0) is 0 Å². The molecule has 3 fully saturated rings. The molecule has 5 unspecified atom stereocenters. The van der Waals surface area contributed by atoms with Crippen molar-refractivity contribution in [2.75, 3.05) is 0 Å². The second kappa shape index (κ2) is 8.75. The van der Waals surface area contributed by atoms with Gasteiger partial charge in [-0.2, -0.15) is 0 Å². The van der Waals surface area contributed by atoms with E-state index < -0.39 is 10.9 Å². The molecule has 0 radical (unpaired) electrons. The van der Waals surface area contributed by atoms with Crippen molar-refractivity contribution in [3.8, 4) is 0 Å².